The summed E-state index contributed by atoms with van der Waals surface area (Å²) in [5, 5.41) is 9.88. The van der Waals surface area contributed by atoms with Crippen molar-refractivity contribution in [2.45, 2.75) is 0 Å². The van der Waals surface area contributed by atoms with E-state index in [1.807, 2.05) is 24.8 Å². The zero-order valence-corrected chi connectivity index (χ0v) is 25.1. The van der Waals surface area contributed by atoms with Crippen LogP contribution in [0.2, 0.25) is 0 Å². The lowest BCUT2D eigenvalue weighted by molar-refractivity contribution is 1.33. The van der Waals surface area contributed by atoms with Crippen LogP contribution in [0.3, 0.4) is 0 Å². The van der Waals surface area contributed by atoms with Gasteiger partial charge < -0.3 is 0 Å². The lowest BCUT2D eigenvalue weighted by atomic mass is 9.83. The molecule has 46 heavy (non-hydrogen) atoms. The van der Waals surface area contributed by atoms with Crippen LogP contribution < -0.4 is 0 Å². The minimum atomic E-state index is 1.15. The normalized spacial score (nSPS) is 11.5. The molecule has 0 unspecified atom stereocenters. The summed E-state index contributed by atoms with van der Waals surface area (Å²) in [4.78, 5) is 8.55. The molecule has 9 aromatic rings. The Morgan fingerprint density at radius 1 is 0.261 bits per heavy atom. The van der Waals surface area contributed by atoms with E-state index in [2.05, 4.69) is 156 Å². The van der Waals surface area contributed by atoms with Crippen molar-refractivity contribution in [2.24, 2.45) is 0 Å². The summed E-state index contributed by atoms with van der Waals surface area (Å²) in [6, 6.07) is 53.2. The molecule has 0 N–H and O–H groups in total. The molecule has 0 aliphatic rings. The van der Waals surface area contributed by atoms with Gasteiger partial charge in [0, 0.05) is 24.8 Å². The first kappa shape index (κ1) is 26.3. The van der Waals surface area contributed by atoms with Crippen molar-refractivity contribution in [3.8, 4) is 44.5 Å². The Kier molecular flexibility index (Phi) is 6.17. The molecule has 0 aliphatic heterocycles. The van der Waals surface area contributed by atoms with Gasteiger partial charge in [-0.3, -0.25) is 9.97 Å². The highest BCUT2D eigenvalue weighted by molar-refractivity contribution is 6.23. The Morgan fingerprint density at radius 2 is 0.652 bits per heavy atom. The quantitative estimate of drug-likeness (QED) is 0.192. The summed E-state index contributed by atoms with van der Waals surface area (Å²) in [6.45, 7) is 0. The standard InChI is InChI=1S/C44H28N2/c1-3-7-33-25-37(11-9-29(33)5-1)43-39-15-13-36(32-19-23-46-24-20-32)28-42(39)44(38-12-10-30-6-2-4-8-34(30)26-38)40-16-14-35(27-41(40)43)31-17-21-45-22-18-31/h1-28H. The Balaban J connectivity index is 1.44. The van der Waals surface area contributed by atoms with E-state index in [4.69, 9.17) is 0 Å². The molecule has 2 heterocycles. The van der Waals surface area contributed by atoms with Crippen LogP contribution in [0.25, 0.3) is 87.6 Å². The van der Waals surface area contributed by atoms with Gasteiger partial charge in [-0.15, -0.1) is 0 Å². The minimum absolute atomic E-state index is 1.15. The second kappa shape index (κ2) is 10.8. The van der Waals surface area contributed by atoms with Crippen LogP contribution in [0.5, 0.6) is 0 Å². The largest absolute Gasteiger partial charge is 0.265 e. The van der Waals surface area contributed by atoms with Crippen molar-refractivity contribution >= 4 is 43.1 Å². The average Bonchev–Trinajstić information content (AvgIpc) is 3.13. The van der Waals surface area contributed by atoms with Gasteiger partial charge in [0.25, 0.3) is 0 Å². The maximum absolute atomic E-state index is 4.28. The van der Waals surface area contributed by atoms with Gasteiger partial charge in [0.15, 0.2) is 0 Å². The third kappa shape index (κ3) is 4.43. The van der Waals surface area contributed by atoms with Crippen LogP contribution in [0.1, 0.15) is 0 Å². The molecule has 9 rings (SSSR count). The van der Waals surface area contributed by atoms with Gasteiger partial charge in [-0.1, -0.05) is 97.1 Å². The SMILES string of the molecule is c1ccc2cc(-c3c4ccc(-c5ccncc5)cc4c(-c4ccc5ccccc5c4)c4ccc(-c5ccncc5)cc34)ccc2c1. The molecule has 0 radical (unpaired) electrons. The number of fused-ring (bicyclic) bond motifs is 4. The Bertz CT molecular complexity index is 2390. The first-order valence-corrected chi connectivity index (χ1v) is 15.6. The van der Waals surface area contributed by atoms with Crippen molar-refractivity contribution in [1.29, 1.82) is 0 Å². The third-order valence-corrected chi connectivity index (χ3v) is 9.22. The van der Waals surface area contributed by atoms with Gasteiger partial charge >= 0.3 is 0 Å². The molecule has 0 saturated heterocycles. The fourth-order valence-corrected chi connectivity index (χ4v) is 6.99. The second-order valence-electron chi connectivity index (χ2n) is 11.9. The number of aromatic nitrogens is 2. The zero-order valence-electron chi connectivity index (χ0n) is 25.1. The van der Waals surface area contributed by atoms with E-state index >= 15 is 0 Å². The first-order chi connectivity index (χ1) is 22.8. The summed E-state index contributed by atoms with van der Waals surface area (Å²) in [7, 11) is 0. The Hall–Kier alpha value is -6.12. The van der Waals surface area contributed by atoms with Gasteiger partial charge in [-0.2, -0.15) is 0 Å². The van der Waals surface area contributed by atoms with Crippen LogP contribution in [-0.4, -0.2) is 9.97 Å². The summed E-state index contributed by atoms with van der Waals surface area (Å²) >= 11 is 0. The van der Waals surface area contributed by atoms with Crippen molar-refractivity contribution in [3.05, 3.63) is 170 Å². The van der Waals surface area contributed by atoms with E-state index in [0.717, 1.165) is 11.1 Å². The molecule has 2 nitrogen and oxygen atoms in total. The number of benzene rings is 7. The minimum Gasteiger partial charge on any atom is -0.265 e. The Labute approximate surface area is 267 Å². The number of hydrogen-bond donors (Lipinski definition) is 0. The molecule has 0 bridgehead atoms. The molecule has 2 aromatic heterocycles. The summed E-state index contributed by atoms with van der Waals surface area (Å²) in [6.07, 6.45) is 7.47. The zero-order chi connectivity index (χ0) is 30.5. The van der Waals surface area contributed by atoms with Gasteiger partial charge in [0.05, 0.1) is 0 Å². The highest BCUT2D eigenvalue weighted by Gasteiger charge is 2.19. The number of pyridine rings is 2. The predicted molar refractivity (Wildman–Crippen MR) is 194 cm³/mol. The molecule has 0 amide bonds. The van der Waals surface area contributed by atoms with E-state index in [-0.39, 0.29) is 0 Å². The van der Waals surface area contributed by atoms with Gasteiger partial charge in [0.1, 0.15) is 0 Å². The van der Waals surface area contributed by atoms with E-state index < -0.39 is 0 Å². The average molecular weight is 585 g/mol. The lowest BCUT2D eigenvalue weighted by Gasteiger charge is -2.20. The number of rotatable bonds is 4. The molecule has 0 saturated carbocycles. The highest BCUT2D eigenvalue weighted by atomic mass is 14.6. The van der Waals surface area contributed by atoms with Crippen LogP contribution in [0.4, 0.5) is 0 Å². The summed E-state index contributed by atoms with van der Waals surface area (Å²) in [5.41, 5.74) is 9.58. The Morgan fingerprint density at radius 3 is 1.09 bits per heavy atom. The molecule has 7 aromatic carbocycles. The van der Waals surface area contributed by atoms with Gasteiger partial charge in [0.2, 0.25) is 0 Å². The van der Waals surface area contributed by atoms with Crippen LogP contribution >= 0.6 is 0 Å². The molecule has 214 valence electrons. The van der Waals surface area contributed by atoms with Crippen molar-refractivity contribution in [2.75, 3.05) is 0 Å². The van der Waals surface area contributed by atoms with Gasteiger partial charge in [-0.05, 0) is 136 Å². The summed E-state index contributed by atoms with van der Waals surface area (Å²) < 4.78 is 0. The van der Waals surface area contributed by atoms with E-state index in [1.54, 1.807) is 0 Å². The second-order valence-corrected chi connectivity index (χ2v) is 11.9. The monoisotopic (exact) mass is 584 g/mol. The summed E-state index contributed by atoms with van der Waals surface area (Å²) in [5.74, 6) is 0. The van der Waals surface area contributed by atoms with Crippen molar-refractivity contribution in [3.63, 3.8) is 0 Å². The van der Waals surface area contributed by atoms with E-state index in [9.17, 15) is 0 Å². The first-order valence-electron chi connectivity index (χ1n) is 15.6. The highest BCUT2D eigenvalue weighted by Crippen LogP contribution is 2.46. The maximum Gasteiger partial charge on any atom is 0.0273 e. The topological polar surface area (TPSA) is 25.8 Å². The molecule has 0 atom stereocenters. The number of nitrogens with zero attached hydrogens (tertiary/aromatic N) is 2. The van der Waals surface area contributed by atoms with E-state index in [1.165, 1.54) is 76.5 Å². The van der Waals surface area contributed by atoms with Crippen LogP contribution in [0.15, 0.2) is 170 Å². The third-order valence-electron chi connectivity index (χ3n) is 9.22. The van der Waals surface area contributed by atoms with Crippen molar-refractivity contribution < 1.29 is 0 Å². The molecular weight excluding hydrogens is 556 g/mol. The lowest BCUT2D eigenvalue weighted by Crippen LogP contribution is -1.93. The van der Waals surface area contributed by atoms with Crippen LogP contribution in [-0.2, 0) is 0 Å². The van der Waals surface area contributed by atoms with Crippen molar-refractivity contribution in [1.82, 2.24) is 9.97 Å². The smallest absolute Gasteiger partial charge is 0.0273 e. The molecule has 0 spiro atoms. The van der Waals surface area contributed by atoms with Gasteiger partial charge in [-0.25, -0.2) is 0 Å². The maximum atomic E-state index is 4.28. The fourth-order valence-electron chi connectivity index (χ4n) is 6.99. The predicted octanol–water partition coefficient (Wildman–Crippen LogP) is 11.8. The molecular formula is C44H28N2. The fraction of sp³-hybridized carbons (Fsp3) is 0. The molecule has 0 fully saturated rings. The van der Waals surface area contributed by atoms with E-state index in [0.29, 0.717) is 0 Å². The number of hydrogen-bond acceptors (Lipinski definition) is 2. The molecule has 0 aliphatic carbocycles. The van der Waals surface area contributed by atoms with Crippen LogP contribution in [0, 0.1) is 0 Å². The molecule has 2 heteroatoms.